The Hall–Kier alpha value is -1.29. The predicted octanol–water partition coefficient (Wildman–Crippen LogP) is 1.81. The molecule has 4 heteroatoms. The fourth-order valence-electron chi connectivity index (χ4n) is 1.24. The standard InChI is InChI=1S/C11H17NO3/c1-8(2)6-12-7-9-4-5-15-10(9)11(13)14-3/h4-5,8,12H,6-7H2,1-3H3. The van der Waals surface area contributed by atoms with Crippen molar-refractivity contribution in [1.82, 2.24) is 5.32 Å². The van der Waals surface area contributed by atoms with Crippen LogP contribution in [0.5, 0.6) is 0 Å². The second kappa shape index (κ2) is 5.56. The molecule has 15 heavy (non-hydrogen) atoms. The minimum Gasteiger partial charge on any atom is -0.463 e. The number of methoxy groups -OCH3 is 1. The van der Waals surface area contributed by atoms with Gasteiger partial charge in [0.25, 0.3) is 0 Å². The molecule has 1 rings (SSSR count). The minimum absolute atomic E-state index is 0.286. The molecule has 0 saturated heterocycles. The summed E-state index contributed by atoms with van der Waals surface area (Å²) in [7, 11) is 1.34. The molecule has 0 aliphatic rings. The number of rotatable bonds is 5. The molecular formula is C11H17NO3. The lowest BCUT2D eigenvalue weighted by Gasteiger charge is -2.06. The quantitative estimate of drug-likeness (QED) is 0.755. The molecule has 1 aromatic heterocycles. The molecule has 0 fully saturated rings. The molecule has 1 heterocycles. The van der Waals surface area contributed by atoms with Gasteiger partial charge in [-0.05, 0) is 18.5 Å². The van der Waals surface area contributed by atoms with Gasteiger partial charge in [-0.2, -0.15) is 0 Å². The molecule has 1 aromatic rings. The lowest BCUT2D eigenvalue weighted by Crippen LogP contribution is -2.20. The average molecular weight is 211 g/mol. The molecule has 0 radical (unpaired) electrons. The van der Waals surface area contributed by atoms with Gasteiger partial charge < -0.3 is 14.5 Å². The first-order chi connectivity index (χ1) is 7.15. The summed E-state index contributed by atoms with van der Waals surface area (Å²) < 4.78 is 9.66. The molecule has 0 unspecified atom stereocenters. The van der Waals surface area contributed by atoms with E-state index >= 15 is 0 Å². The third-order valence-corrected chi connectivity index (χ3v) is 1.99. The lowest BCUT2D eigenvalue weighted by molar-refractivity contribution is 0.0563. The van der Waals surface area contributed by atoms with Gasteiger partial charge in [-0.25, -0.2) is 4.79 Å². The summed E-state index contributed by atoms with van der Waals surface area (Å²) in [5, 5.41) is 3.24. The first-order valence-electron chi connectivity index (χ1n) is 5.00. The smallest absolute Gasteiger partial charge is 0.374 e. The normalized spacial score (nSPS) is 10.7. The van der Waals surface area contributed by atoms with Crippen molar-refractivity contribution in [2.45, 2.75) is 20.4 Å². The lowest BCUT2D eigenvalue weighted by atomic mass is 10.2. The Labute approximate surface area is 89.6 Å². The Bertz CT molecular complexity index is 317. The molecule has 1 N–H and O–H groups in total. The predicted molar refractivity (Wildman–Crippen MR) is 56.6 cm³/mol. The van der Waals surface area contributed by atoms with Gasteiger partial charge in [0.1, 0.15) is 0 Å². The van der Waals surface area contributed by atoms with E-state index in [1.54, 1.807) is 6.07 Å². The first kappa shape index (κ1) is 11.8. The van der Waals surface area contributed by atoms with Crippen LogP contribution in [0.2, 0.25) is 0 Å². The van der Waals surface area contributed by atoms with Crippen LogP contribution in [0.15, 0.2) is 16.7 Å². The number of ether oxygens (including phenoxy) is 1. The number of hydrogen-bond acceptors (Lipinski definition) is 4. The summed E-state index contributed by atoms with van der Waals surface area (Å²) in [5.41, 5.74) is 0.836. The van der Waals surface area contributed by atoms with Gasteiger partial charge in [-0.1, -0.05) is 13.8 Å². The molecule has 4 nitrogen and oxygen atoms in total. The summed E-state index contributed by atoms with van der Waals surface area (Å²) in [4.78, 5) is 11.2. The van der Waals surface area contributed by atoms with E-state index in [-0.39, 0.29) is 5.76 Å². The molecule has 0 saturated carbocycles. The number of carbonyl (C=O) groups is 1. The van der Waals surface area contributed by atoms with Crippen molar-refractivity contribution in [2.24, 2.45) is 5.92 Å². The average Bonchev–Trinajstić information content (AvgIpc) is 2.64. The zero-order chi connectivity index (χ0) is 11.3. The van der Waals surface area contributed by atoms with E-state index in [1.807, 2.05) is 0 Å². The second-order valence-electron chi connectivity index (χ2n) is 3.79. The van der Waals surface area contributed by atoms with Gasteiger partial charge in [0.05, 0.1) is 13.4 Å². The zero-order valence-electron chi connectivity index (χ0n) is 9.37. The molecule has 0 aliphatic heterocycles. The fourth-order valence-corrected chi connectivity index (χ4v) is 1.24. The molecule has 0 aliphatic carbocycles. The van der Waals surface area contributed by atoms with E-state index in [1.165, 1.54) is 13.4 Å². The maximum atomic E-state index is 11.2. The Kier molecular flexibility index (Phi) is 4.37. The van der Waals surface area contributed by atoms with Crippen LogP contribution in [0.1, 0.15) is 30.0 Å². The van der Waals surface area contributed by atoms with Crippen molar-refractivity contribution in [1.29, 1.82) is 0 Å². The van der Waals surface area contributed by atoms with Crippen LogP contribution in [-0.4, -0.2) is 19.6 Å². The van der Waals surface area contributed by atoms with Gasteiger partial charge in [0, 0.05) is 12.1 Å². The highest BCUT2D eigenvalue weighted by molar-refractivity contribution is 5.87. The SMILES string of the molecule is COC(=O)c1occc1CNCC(C)C. The van der Waals surface area contributed by atoms with Gasteiger partial charge in [-0.3, -0.25) is 0 Å². The van der Waals surface area contributed by atoms with E-state index in [0.29, 0.717) is 12.5 Å². The van der Waals surface area contributed by atoms with Crippen LogP contribution in [0.4, 0.5) is 0 Å². The highest BCUT2D eigenvalue weighted by Crippen LogP contribution is 2.11. The second-order valence-corrected chi connectivity index (χ2v) is 3.79. The number of nitrogens with one attached hydrogen (secondary N) is 1. The summed E-state index contributed by atoms with van der Waals surface area (Å²) in [6, 6.07) is 1.78. The summed E-state index contributed by atoms with van der Waals surface area (Å²) in [5.74, 6) is 0.439. The van der Waals surface area contributed by atoms with E-state index in [9.17, 15) is 4.79 Å². The van der Waals surface area contributed by atoms with Gasteiger partial charge in [0.2, 0.25) is 5.76 Å². The van der Waals surface area contributed by atoms with Gasteiger partial charge in [0.15, 0.2) is 0 Å². The number of furan rings is 1. The number of esters is 1. The molecule has 0 amide bonds. The van der Waals surface area contributed by atoms with Gasteiger partial charge in [-0.15, -0.1) is 0 Å². The summed E-state index contributed by atoms with van der Waals surface area (Å²) in [6.07, 6.45) is 1.50. The maximum Gasteiger partial charge on any atom is 0.374 e. The van der Waals surface area contributed by atoms with Crippen LogP contribution in [-0.2, 0) is 11.3 Å². The maximum absolute atomic E-state index is 11.2. The Morgan fingerprint density at radius 1 is 1.60 bits per heavy atom. The topological polar surface area (TPSA) is 51.5 Å². The van der Waals surface area contributed by atoms with E-state index in [2.05, 4.69) is 23.9 Å². The molecule has 84 valence electrons. The summed E-state index contributed by atoms with van der Waals surface area (Å²) >= 11 is 0. The zero-order valence-corrected chi connectivity index (χ0v) is 9.37. The van der Waals surface area contributed by atoms with Crippen LogP contribution < -0.4 is 5.32 Å². The van der Waals surface area contributed by atoms with Crippen LogP contribution in [0.25, 0.3) is 0 Å². The van der Waals surface area contributed by atoms with Gasteiger partial charge >= 0.3 is 5.97 Å². The first-order valence-corrected chi connectivity index (χ1v) is 5.00. The van der Waals surface area contributed by atoms with Crippen LogP contribution in [0, 0.1) is 5.92 Å². The van der Waals surface area contributed by atoms with Crippen molar-refractivity contribution in [2.75, 3.05) is 13.7 Å². The van der Waals surface area contributed by atoms with Crippen molar-refractivity contribution in [3.63, 3.8) is 0 Å². The molecule has 0 bridgehead atoms. The highest BCUT2D eigenvalue weighted by atomic mass is 16.5. The van der Waals surface area contributed by atoms with E-state index in [0.717, 1.165) is 12.1 Å². The molecule has 0 spiro atoms. The third kappa shape index (κ3) is 3.40. The largest absolute Gasteiger partial charge is 0.463 e. The van der Waals surface area contributed by atoms with Crippen LogP contribution >= 0.6 is 0 Å². The van der Waals surface area contributed by atoms with Crippen molar-refractivity contribution >= 4 is 5.97 Å². The van der Waals surface area contributed by atoms with E-state index in [4.69, 9.17) is 4.42 Å². The monoisotopic (exact) mass is 211 g/mol. The molecule has 0 atom stereocenters. The van der Waals surface area contributed by atoms with Crippen LogP contribution in [0.3, 0.4) is 0 Å². The Morgan fingerprint density at radius 2 is 2.33 bits per heavy atom. The van der Waals surface area contributed by atoms with Crippen molar-refractivity contribution < 1.29 is 13.9 Å². The number of hydrogen-bond donors (Lipinski definition) is 1. The Balaban J connectivity index is 2.54. The Morgan fingerprint density at radius 3 is 2.93 bits per heavy atom. The summed E-state index contributed by atoms with van der Waals surface area (Å²) in [6.45, 7) is 5.79. The molecular weight excluding hydrogens is 194 g/mol. The van der Waals surface area contributed by atoms with Crippen molar-refractivity contribution in [3.05, 3.63) is 23.7 Å². The minimum atomic E-state index is -0.429. The number of carbonyl (C=O) groups excluding carboxylic acids is 1. The highest BCUT2D eigenvalue weighted by Gasteiger charge is 2.14. The molecule has 0 aromatic carbocycles. The third-order valence-electron chi connectivity index (χ3n) is 1.99. The fraction of sp³-hybridized carbons (Fsp3) is 0.545. The van der Waals surface area contributed by atoms with E-state index < -0.39 is 5.97 Å². The van der Waals surface area contributed by atoms with Crippen molar-refractivity contribution in [3.8, 4) is 0 Å².